The summed E-state index contributed by atoms with van der Waals surface area (Å²) in [5.41, 5.74) is 1.05. The third-order valence-corrected chi connectivity index (χ3v) is 3.67. The zero-order valence-electron chi connectivity index (χ0n) is 12.9. The van der Waals surface area contributed by atoms with Crippen molar-refractivity contribution in [3.8, 4) is 5.75 Å². The van der Waals surface area contributed by atoms with Gasteiger partial charge in [-0.15, -0.1) is 0 Å². The summed E-state index contributed by atoms with van der Waals surface area (Å²) >= 11 is 0. The molecule has 1 N–H and O–H groups in total. The van der Waals surface area contributed by atoms with E-state index in [4.69, 9.17) is 4.74 Å². The van der Waals surface area contributed by atoms with Gasteiger partial charge in [-0.25, -0.2) is 0 Å². The maximum absolute atomic E-state index is 12.1. The first-order chi connectivity index (χ1) is 11.3. The van der Waals surface area contributed by atoms with Gasteiger partial charge in [-0.2, -0.15) is 0 Å². The minimum atomic E-state index is 0.0121. The van der Waals surface area contributed by atoms with Crippen molar-refractivity contribution in [3.05, 3.63) is 78.4 Å². The van der Waals surface area contributed by atoms with E-state index in [1.807, 2.05) is 54.6 Å². The Morgan fingerprint density at radius 1 is 0.870 bits per heavy atom. The predicted octanol–water partition coefficient (Wildman–Crippen LogP) is 3.58. The average molecular weight is 305 g/mol. The van der Waals surface area contributed by atoms with Crippen LogP contribution in [-0.4, -0.2) is 19.1 Å². The Labute approximate surface area is 135 Å². The van der Waals surface area contributed by atoms with Crippen LogP contribution in [0.25, 0.3) is 10.8 Å². The molecule has 0 saturated carbocycles. The molecule has 0 spiro atoms. The summed E-state index contributed by atoms with van der Waals surface area (Å²) in [5, 5.41) is 5.19. The summed E-state index contributed by atoms with van der Waals surface area (Å²) in [6.07, 6.45) is 0.382. The molecular formula is C20H19NO2. The van der Waals surface area contributed by atoms with Crippen LogP contribution < -0.4 is 10.1 Å². The van der Waals surface area contributed by atoms with Gasteiger partial charge in [0.05, 0.1) is 13.0 Å². The van der Waals surface area contributed by atoms with Crippen molar-refractivity contribution < 1.29 is 9.53 Å². The fourth-order valence-electron chi connectivity index (χ4n) is 2.56. The zero-order chi connectivity index (χ0) is 15.9. The number of benzene rings is 3. The Bertz CT molecular complexity index is 779. The number of amides is 1. The van der Waals surface area contributed by atoms with Gasteiger partial charge in [0, 0.05) is 0 Å². The third-order valence-electron chi connectivity index (χ3n) is 3.67. The number of para-hydroxylation sites is 1. The van der Waals surface area contributed by atoms with Crippen molar-refractivity contribution in [2.75, 3.05) is 13.2 Å². The number of carbonyl (C=O) groups excluding carboxylic acids is 1. The number of carbonyl (C=O) groups is 1. The van der Waals surface area contributed by atoms with Crippen molar-refractivity contribution in [1.82, 2.24) is 5.32 Å². The molecule has 0 aliphatic rings. The van der Waals surface area contributed by atoms with Gasteiger partial charge in [-0.1, -0.05) is 60.7 Å². The molecule has 3 nitrogen and oxygen atoms in total. The van der Waals surface area contributed by atoms with E-state index < -0.39 is 0 Å². The molecule has 0 radical (unpaired) electrons. The molecule has 3 heteroatoms. The van der Waals surface area contributed by atoms with E-state index in [-0.39, 0.29) is 5.91 Å². The molecule has 0 aliphatic carbocycles. The fraction of sp³-hybridized carbons (Fsp3) is 0.150. The zero-order valence-corrected chi connectivity index (χ0v) is 12.9. The Hall–Kier alpha value is -2.81. The standard InChI is InChI=1S/C20H19NO2/c22-20(21-13-14-23-18-10-2-1-3-11-18)15-17-9-6-8-16-7-4-5-12-19(16)17/h1-12H,13-15H2,(H,21,22). The van der Waals surface area contributed by atoms with Crippen molar-refractivity contribution >= 4 is 16.7 Å². The van der Waals surface area contributed by atoms with Gasteiger partial charge in [-0.05, 0) is 28.5 Å². The van der Waals surface area contributed by atoms with Gasteiger partial charge in [0.2, 0.25) is 5.91 Å². The van der Waals surface area contributed by atoms with Crippen LogP contribution in [0, 0.1) is 0 Å². The van der Waals surface area contributed by atoms with Gasteiger partial charge < -0.3 is 10.1 Å². The van der Waals surface area contributed by atoms with Crippen LogP contribution in [0.4, 0.5) is 0 Å². The second-order valence-electron chi connectivity index (χ2n) is 5.33. The molecule has 1 amide bonds. The first kappa shape index (κ1) is 15.1. The van der Waals surface area contributed by atoms with Crippen molar-refractivity contribution in [2.45, 2.75) is 6.42 Å². The molecule has 3 rings (SSSR count). The van der Waals surface area contributed by atoms with Crippen LogP contribution in [0.3, 0.4) is 0 Å². The molecule has 0 fully saturated rings. The monoisotopic (exact) mass is 305 g/mol. The second kappa shape index (κ2) is 7.45. The summed E-state index contributed by atoms with van der Waals surface area (Å²) in [4.78, 5) is 12.1. The van der Waals surface area contributed by atoms with Crippen LogP contribution >= 0.6 is 0 Å². The molecule has 0 saturated heterocycles. The van der Waals surface area contributed by atoms with Crippen LogP contribution in [0.15, 0.2) is 72.8 Å². The lowest BCUT2D eigenvalue weighted by Gasteiger charge is -2.09. The summed E-state index contributed by atoms with van der Waals surface area (Å²) in [6.45, 7) is 0.962. The van der Waals surface area contributed by atoms with Crippen molar-refractivity contribution in [3.63, 3.8) is 0 Å². The van der Waals surface area contributed by atoms with Gasteiger partial charge in [-0.3, -0.25) is 4.79 Å². The lowest BCUT2D eigenvalue weighted by molar-refractivity contribution is -0.120. The van der Waals surface area contributed by atoms with Crippen molar-refractivity contribution in [2.24, 2.45) is 0 Å². The molecule has 3 aromatic rings. The lowest BCUT2D eigenvalue weighted by atomic mass is 10.0. The number of hydrogen-bond donors (Lipinski definition) is 1. The van der Waals surface area contributed by atoms with E-state index in [1.165, 1.54) is 0 Å². The van der Waals surface area contributed by atoms with E-state index in [9.17, 15) is 4.79 Å². The molecule has 0 unspecified atom stereocenters. The van der Waals surface area contributed by atoms with E-state index in [0.717, 1.165) is 22.1 Å². The number of ether oxygens (including phenoxy) is 1. The smallest absolute Gasteiger partial charge is 0.224 e. The van der Waals surface area contributed by atoms with Crippen LogP contribution in [0.2, 0.25) is 0 Å². The van der Waals surface area contributed by atoms with Crippen molar-refractivity contribution in [1.29, 1.82) is 0 Å². The van der Waals surface area contributed by atoms with Gasteiger partial charge in [0.15, 0.2) is 0 Å². The summed E-state index contributed by atoms with van der Waals surface area (Å²) in [7, 11) is 0. The van der Waals surface area contributed by atoms with Gasteiger partial charge >= 0.3 is 0 Å². The largest absolute Gasteiger partial charge is 0.492 e. The molecular weight excluding hydrogens is 286 g/mol. The SMILES string of the molecule is O=C(Cc1cccc2ccccc12)NCCOc1ccccc1. The van der Waals surface area contributed by atoms with E-state index in [0.29, 0.717) is 19.6 Å². The minimum absolute atomic E-state index is 0.0121. The maximum Gasteiger partial charge on any atom is 0.224 e. The maximum atomic E-state index is 12.1. The number of nitrogens with one attached hydrogen (secondary N) is 1. The highest BCUT2D eigenvalue weighted by Gasteiger charge is 2.06. The van der Waals surface area contributed by atoms with Gasteiger partial charge in [0.1, 0.15) is 12.4 Å². The quantitative estimate of drug-likeness (QED) is 0.707. The third kappa shape index (κ3) is 4.10. The second-order valence-corrected chi connectivity index (χ2v) is 5.33. The minimum Gasteiger partial charge on any atom is -0.492 e. The Morgan fingerprint density at radius 2 is 1.61 bits per heavy atom. The first-order valence-electron chi connectivity index (χ1n) is 7.74. The average Bonchev–Trinajstić information content (AvgIpc) is 2.60. The number of rotatable bonds is 6. The summed E-state index contributed by atoms with van der Waals surface area (Å²) in [6, 6.07) is 23.8. The molecule has 0 atom stereocenters. The highest BCUT2D eigenvalue weighted by atomic mass is 16.5. The van der Waals surface area contributed by atoms with Crippen LogP contribution in [-0.2, 0) is 11.2 Å². The molecule has 0 aliphatic heterocycles. The van der Waals surface area contributed by atoms with E-state index in [1.54, 1.807) is 0 Å². The topological polar surface area (TPSA) is 38.3 Å². The fourth-order valence-corrected chi connectivity index (χ4v) is 2.56. The van der Waals surface area contributed by atoms with Gasteiger partial charge in [0.25, 0.3) is 0 Å². The number of fused-ring (bicyclic) bond motifs is 1. The molecule has 23 heavy (non-hydrogen) atoms. The molecule has 0 heterocycles. The Morgan fingerprint density at radius 3 is 2.48 bits per heavy atom. The highest BCUT2D eigenvalue weighted by molar-refractivity contribution is 5.90. The number of hydrogen-bond acceptors (Lipinski definition) is 2. The molecule has 3 aromatic carbocycles. The molecule has 0 aromatic heterocycles. The van der Waals surface area contributed by atoms with Crippen LogP contribution in [0.1, 0.15) is 5.56 Å². The normalized spacial score (nSPS) is 10.4. The Balaban J connectivity index is 1.51. The highest BCUT2D eigenvalue weighted by Crippen LogP contribution is 2.18. The van der Waals surface area contributed by atoms with E-state index in [2.05, 4.69) is 23.5 Å². The summed E-state index contributed by atoms with van der Waals surface area (Å²) in [5.74, 6) is 0.828. The predicted molar refractivity (Wildman–Crippen MR) is 92.6 cm³/mol. The summed E-state index contributed by atoms with van der Waals surface area (Å²) < 4.78 is 5.56. The van der Waals surface area contributed by atoms with Crippen LogP contribution in [0.5, 0.6) is 5.75 Å². The van der Waals surface area contributed by atoms with E-state index >= 15 is 0 Å². The Kier molecular flexibility index (Phi) is 4.89. The molecule has 0 bridgehead atoms. The lowest BCUT2D eigenvalue weighted by Crippen LogP contribution is -2.29. The molecule has 116 valence electrons. The first-order valence-corrected chi connectivity index (χ1v) is 7.74.